The van der Waals surface area contributed by atoms with E-state index in [1.807, 2.05) is 25.1 Å². The minimum Gasteiger partial charge on any atom is -0.326 e. The highest BCUT2D eigenvalue weighted by molar-refractivity contribution is 5.91. The Morgan fingerprint density at radius 1 is 0.808 bits per heavy atom. The summed E-state index contributed by atoms with van der Waals surface area (Å²) in [4.78, 5) is 11.6. The normalized spacial score (nSPS) is 15.6. The summed E-state index contributed by atoms with van der Waals surface area (Å²) in [7, 11) is 0. The zero-order chi connectivity index (χ0) is 18.4. The second-order valence-corrected chi connectivity index (χ2v) is 6.23. The monoisotopic (exact) mass is 342 g/mol. The maximum absolute atomic E-state index is 11.6. The molecule has 1 N–H and O–H groups in total. The van der Waals surface area contributed by atoms with Crippen molar-refractivity contribution in [2.24, 2.45) is 0 Å². The Morgan fingerprint density at radius 2 is 1.42 bits per heavy atom. The van der Waals surface area contributed by atoms with Crippen molar-refractivity contribution in [3.05, 3.63) is 103 Å². The number of carbonyl (C=O) groups excluding carboxylic acids is 1. The van der Waals surface area contributed by atoms with E-state index in [-0.39, 0.29) is 5.91 Å². The van der Waals surface area contributed by atoms with Crippen molar-refractivity contribution in [2.75, 3.05) is 5.32 Å². The first-order chi connectivity index (χ1) is 12.7. The van der Waals surface area contributed by atoms with Crippen LogP contribution in [0.2, 0.25) is 0 Å². The lowest BCUT2D eigenvalue weighted by molar-refractivity contribution is -0.115. The molecule has 26 heavy (non-hydrogen) atoms. The van der Waals surface area contributed by atoms with Crippen LogP contribution in [0.15, 0.2) is 60.2 Å². The van der Waals surface area contributed by atoms with Gasteiger partial charge in [-0.15, -0.1) is 0 Å². The lowest BCUT2D eigenvalue weighted by Gasteiger charge is -2.20. The standard InChI is InChI=1S/C24H24NO/c1-3-22(18-10-8-9-11-18)24(19-12-6-5-7-13-19)20-14-16-21(17-15-20)25-23(26)4-2/h5-17H,3-4H2,1-2H3,(H,25,26)/b24-22-. The minimum atomic E-state index is 0.0302. The number of nitrogens with one attached hydrogen (secondary N) is 1. The highest BCUT2D eigenvalue weighted by Crippen LogP contribution is 2.39. The predicted molar refractivity (Wildman–Crippen MR) is 109 cm³/mol. The van der Waals surface area contributed by atoms with Gasteiger partial charge in [0.15, 0.2) is 0 Å². The molecule has 2 aromatic carbocycles. The summed E-state index contributed by atoms with van der Waals surface area (Å²) >= 11 is 0. The average Bonchev–Trinajstić information content (AvgIpc) is 3.22. The second kappa shape index (κ2) is 8.84. The summed E-state index contributed by atoms with van der Waals surface area (Å²) in [5.41, 5.74) is 5.76. The maximum Gasteiger partial charge on any atom is 0.224 e. The molecule has 1 fully saturated rings. The number of anilines is 1. The van der Waals surface area contributed by atoms with Gasteiger partial charge in [-0.05, 0) is 60.9 Å². The molecule has 0 unspecified atom stereocenters. The molecule has 3 rings (SSSR count). The SMILES string of the molecule is CCC(=O)Nc1ccc(/C(=C(/CC)[C]2[CH][CH][CH][CH]2)c2ccccc2)cc1. The maximum atomic E-state index is 11.6. The molecule has 1 saturated carbocycles. The van der Waals surface area contributed by atoms with Gasteiger partial charge in [0.25, 0.3) is 0 Å². The van der Waals surface area contributed by atoms with Crippen LogP contribution in [0.25, 0.3) is 5.57 Å². The molecule has 2 aromatic rings. The van der Waals surface area contributed by atoms with Crippen molar-refractivity contribution in [1.29, 1.82) is 0 Å². The van der Waals surface area contributed by atoms with Gasteiger partial charge >= 0.3 is 0 Å². The van der Waals surface area contributed by atoms with Crippen molar-refractivity contribution < 1.29 is 4.79 Å². The van der Waals surface area contributed by atoms with Gasteiger partial charge in [-0.2, -0.15) is 0 Å². The van der Waals surface area contributed by atoms with Crippen molar-refractivity contribution in [2.45, 2.75) is 26.7 Å². The van der Waals surface area contributed by atoms with Crippen molar-refractivity contribution >= 4 is 17.2 Å². The quantitative estimate of drug-likeness (QED) is 0.722. The molecule has 0 aromatic heterocycles. The fraction of sp³-hybridized carbons (Fsp3) is 0.167. The van der Waals surface area contributed by atoms with Gasteiger partial charge < -0.3 is 5.32 Å². The largest absolute Gasteiger partial charge is 0.326 e. The van der Waals surface area contributed by atoms with E-state index in [2.05, 4.69) is 74.3 Å². The lowest BCUT2D eigenvalue weighted by atomic mass is 9.84. The van der Waals surface area contributed by atoms with Crippen molar-refractivity contribution in [3.63, 3.8) is 0 Å². The summed E-state index contributed by atoms with van der Waals surface area (Å²) in [5, 5.41) is 2.91. The van der Waals surface area contributed by atoms with Crippen LogP contribution in [0.3, 0.4) is 0 Å². The van der Waals surface area contributed by atoms with E-state index in [0.29, 0.717) is 6.42 Å². The Hall–Kier alpha value is -2.35. The Kier molecular flexibility index (Phi) is 6.27. The molecule has 0 bridgehead atoms. The summed E-state index contributed by atoms with van der Waals surface area (Å²) in [6, 6.07) is 18.6. The number of hydrogen-bond acceptors (Lipinski definition) is 1. The molecule has 0 aliphatic heterocycles. The number of carbonyl (C=O) groups is 1. The molecule has 2 heteroatoms. The fourth-order valence-electron chi connectivity index (χ4n) is 3.19. The molecule has 131 valence electrons. The number of benzene rings is 2. The van der Waals surface area contributed by atoms with E-state index in [1.165, 1.54) is 22.6 Å². The number of rotatable bonds is 6. The van der Waals surface area contributed by atoms with E-state index in [4.69, 9.17) is 0 Å². The Morgan fingerprint density at radius 3 is 2.00 bits per heavy atom. The van der Waals surface area contributed by atoms with E-state index >= 15 is 0 Å². The molecule has 2 nitrogen and oxygen atoms in total. The Labute approximate surface area is 157 Å². The van der Waals surface area contributed by atoms with E-state index in [0.717, 1.165) is 17.7 Å². The van der Waals surface area contributed by atoms with E-state index < -0.39 is 0 Å². The molecule has 0 atom stereocenters. The minimum absolute atomic E-state index is 0.0302. The van der Waals surface area contributed by atoms with Crippen LogP contribution in [-0.4, -0.2) is 5.91 Å². The molecule has 1 aliphatic carbocycles. The van der Waals surface area contributed by atoms with Crippen LogP contribution in [0, 0.1) is 31.6 Å². The molecule has 0 heterocycles. The number of hydrogen-bond donors (Lipinski definition) is 1. The summed E-state index contributed by atoms with van der Waals surface area (Å²) < 4.78 is 0. The number of allylic oxidation sites excluding steroid dienone is 1. The fourth-order valence-corrected chi connectivity index (χ4v) is 3.19. The summed E-state index contributed by atoms with van der Waals surface area (Å²) in [6.45, 7) is 4.05. The number of amides is 1. The van der Waals surface area contributed by atoms with Crippen LogP contribution < -0.4 is 5.32 Å². The molecule has 1 amide bonds. The van der Waals surface area contributed by atoms with Crippen LogP contribution in [0.4, 0.5) is 5.69 Å². The average molecular weight is 342 g/mol. The van der Waals surface area contributed by atoms with Crippen LogP contribution in [-0.2, 0) is 4.79 Å². The third-order valence-corrected chi connectivity index (χ3v) is 4.51. The highest BCUT2D eigenvalue weighted by atomic mass is 16.1. The van der Waals surface area contributed by atoms with Gasteiger partial charge in [0.2, 0.25) is 5.91 Å². The van der Waals surface area contributed by atoms with Gasteiger partial charge in [-0.3, -0.25) is 4.79 Å². The van der Waals surface area contributed by atoms with Crippen LogP contribution in [0.5, 0.6) is 0 Å². The first-order valence-corrected chi connectivity index (χ1v) is 9.13. The molecule has 5 radical (unpaired) electrons. The van der Waals surface area contributed by atoms with E-state index in [1.54, 1.807) is 0 Å². The molecular weight excluding hydrogens is 318 g/mol. The smallest absolute Gasteiger partial charge is 0.224 e. The lowest BCUT2D eigenvalue weighted by Crippen LogP contribution is -2.09. The van der Waals surface area contributed by atoms with Gasteiger partial charge in [-0.1, -0.05) is 61.9 Å². The van der Waals surface area contributed by atoms with Gasteiger partial charge in [0.05, 0.1) is 0 Å². The van der Waals surface area contributed by atoms with Crippen LogP contribution >= 0.6 is 0 Å². The molecule has 0 spiro atoms. The van der Waals surface area contributed by atoms with Gasteiger partial charge in [-0.25, -0.2) is 0 Å². The van der Waals surface area contributed by atoms with E-state index in [9.17, 15) is 4.79 Å². The molecule has 1 aliphatic rings. The molecular formula is C24H24NO. The second-order valence-electron chi connectivity index (χ2n) is 6.23. The topological polar surface area (TPSA) is 29.1 Å². The first kappa shape index (κ1) is 18.4. The van der Waals surface area contributed by atoms with Crippen molar-refractivity contribution in [1.82, 2.24) is 0 Å². The molecule has 0 saturated heterocycles. The Balaban J connectivity index is 2.02. The third-order valence-electron chi connectivity index (χ3n) is 4.51. The van der Waals surface area contributed by atoms with Gasteiger partial charge in [0, 0.05) is 18.0 Å². The zero-order valence-corrected chi connectivity index (χ0v) is 15.3. The van der Waals surface area contributed by atoms with Gasteiger partial charge in [0.1, 0.15) is 0 Å². The first-order valence-electron chi connectivity index (χ1n) is 9.13. The third kappa shape index (κ3) is 4.24. The van der Waals surface area contributed by atoms with Crippen molar-refractivity contribution in [3.8, 4) is 0 Å². The summed E-state index contributed by atoms with van der Waals surface area (Å²) in [5.74, 6) is 1.29. The summed E-state index contributed by atoms with van der Waals surface area (Å²) in [6.07, 6.45) is 9.92. The van der Waals surface area contributed by atoms with Crippen LogP contribution in [0.1, 0.15) is 37.8 Å². The highest BCUT2D eigenvalue weighted by Gasteiger charge is 2.24. The zero-order valence-electron chi connectivity index (χ0n) is 15.3. The predicted octanol–water partition coefficient (Wildman–Crippen LogP) is 5.65. The Bertz CT molecular complexity index is 753.